The van der Waals surface area contributed by atoms with E-state index in [1.165, 1.54) is 14.1 Å². The van der Waals surface area contributed by atoms with Crippen LogP contribution in [0, 0.1) is 0 Å². The lowest BCUT2D eigenvalue weighted by Gasteiger charge is -2.17. The third-order valence-corrected chi connectivity index (χ3v) is 3.92. The molecule has 1 aromatic carbocycles. The van der Waals surface area contributed by atoms with Crippen molar-refractivity contribution in [3.8, 4) is 11.5 Å². The first-order valence-corrected chi connectivity index (χ1v) is 7.27. The summed E-state index contributed by atoms with van der Waals surface area (Å²) in [5, 5.41) is 0. The molecule has 7 heteroatoms. The zero-order valence-electron chi connectivity index (χ0n) is 11.6. The molecule has 6 nitrogen and oxygen atoms in total. The fourth-order valence-electron chi connectivity index (χ4n) is 1.28. The van der Waals surface area contributed by atoms with Gasteiger partial charge in [-0.1, -0.05) is 0 Å². The topological polar surface area (TPSA) is 67.9 Å². The van der Waals surface area contributed by atoms with Crippen LogP contribution in [-0.4, -0.2) is 46.6 Å². The third kappa shape index (κ3) is 5.06. The van der Waals surface area contributed by atoms with Crippen molar-refractivity contribution in [1.29, 1.82) is 0 Å². The highest BCUT2D eigenvalue weighted by atomic mass is 32.2. The minimum absolute atomic E-state index is 0.201. The van der Waals surface area contributed by atoms with E-state index in [0.717, 1.165) is 10.1 Å². The summed E-state index contributed by atoms with van der Waals surface area (Å²) in [7, 11) is 1.12. The van der Waals surface area contributed by atoms with Gasteiger partial charge in [-0.15, -0.1) is 0 Å². The van der Waals surface area contributed by atoms with Crippen molar-refractivity contribution in [2.24, 2.45) is 0 Å². The Morgan fingerprint density at radius 2 is 1.74 bits per heavy atom. The number of hydrogen-bond acceptors (Lipinski definition) is 4. The first-order valence-electron chi connectivity index (χ1n) is 5.83. The van der Waals surface area contributed by atoms with Crippen molar-refractivity contribution >= 4 is 10.2 Å². The Labute approximate surface area is 114 Å². The molecule has 1 aromatic rings. The predicted molar refractivity (Wildman–Crippen MR) is 73.7 cm³/mol. The Morgan fingerprint density at radius 1 is 1.21 bits per heavy atom. The highest BCUT2D eigenvalue weighted by molar-refractivity contribution is 7.87. The molecular weight excluding hydrogens is 268 g/mol. The summed E-state index contributed by atoms with van der Waals surface area (Å²) in [5.74, 6) is 1.41. The Bertz CT molecular complexity index is 485. The lowest BCUT2D eigenvalue weighted by atomic mass is 10.3. The summed E-state index contributed by atoms with van der Waals surface area (Å²) in [6.45, 7) is 1.99. The van der Waals surface area contributed by atoms with Crippen LogP contribution in [0.1, 0.15) is 6.92 Å². The van der Waals surface area contributed by atoms with Crippen molar-refractivity contribution in [3.05, 3.63) is 24.3 Å². The number of ether oxygens (including phenoxy) is 2. The maximum absolute atomic E-state index is 11.5. The average Bonchev–Trinajstić information content (AvgIpc) is 2.37. The average molecular weight is 288 g/mol. The summed E-state index contributed by atoms with van der Waals surface area (Å²) in [6.07, 6.45) is -0.275. The van der Waals surface area contributed by atoms with Crippen molar-refractivity contribution in [2.75, 3.05) is 27.7 Å². The smallest absolute Gasteiger partial charge is 0.279 e. The van der Waals surface area contributed by atoms with E-state index >= 15 is 0 Å². The summed E-state index contributed by atoms with van der Waals surface area (Å²) < 4.78 is 37.2. The number of hydrogen-bond donors (Lipinski definition) is 1. The minimum atomic E-state index is -3.41. The normalized spacial score (nSPS) is 13.3. The molecule has 0 saturated carbocycles. The van der Waals surface area contributed by atoms with Crippen LogP contribution in [0.5, 0.6) is 11.5 Å². The van der Waals surface area contributed by atoms with Crippen molar-refractivity contribution < 1.29 is 17.9 Å². The number of nitrogens with zero attached hydrogens (tertiary/aromatic N) is 1. The van der Waals surface area contributed by atoms with Crippen LogP contribution in [-0.2, 0) is 10.2 Å². The fraction of sp³-hybridized carbons (Fsp3) is 0.500. The zero-order chi connectivity index (χ0) is 14.5. The first-order chi connectivity index (χ1) is 8.85. The van der Waals surface area contributed by atoms with Crippen LogP contribution >= 0.6 is 0 Å². The van der Waals surface area contributed by atoms with Crippen LogP contribution < -0.4 is 14.2 Å². The summed E-state index contributed by atoms with van der Waals surface area (Å²) >= 11 is 0. The van der Waals surface area contributed by atoms with E-state index in [2.05, 4.69) is 4.72 Å². The highest BCUT2D eigenvalue weighted by Gasteiger charge is 2.14. The van der Waals surface area contributed by atoms with E-state index in [1.54, 1.807) is 38.3 Å². The standard InChI is InChI=1S/C12H20N2O4S/c1-10(9-13-19(15,16)14(2)3)18-12-7-5-11(17-4)6-8-12/h5-8,10,13H,9H2,1-4H3. The molecule has 1 unspecified atom stereocenters. The first kappa shape index (κ1) is 15.7. The third-order valence-electron chi connectivity index (χ3n) is 2.43. The van der Waals surface area contributed by atoms with Crippen molar-refractivity contribution in [2.45, 2.75) is 13.0 Å². The lowest BCUT2D eigenvalue weighted by Crippen LogP contribution is -2.40. The molecule has 0 aliphatic heterocycles. The zero-order valence-corrected chi connectivity index (χ0v) is 12.4. The van der Waals surface area contributed by atoms with Gasteiger partial charge in [-0.2, -0.15) is 17.4 Å². The maximum Gasteiger partial charge on any atom is 0.279 e. The minimum Gasteiger partial charge on any atom is -0.497 e. The molecular formula is C12H20N2O4S. The molecule has 1 atom stereocenters. The second-order valence-corrected chi connectivity index (χ2v) is 6.21. The van der Waals surface area contributed by atoms with Crippen LogP contribution in [0.4, 0.5) is 0 Å². The molecule has 0 aromatic heterocycles. The SMILES string of the molecule is COc1ccc(OC(C)CNS(=O)(=O)N(C)C)cc1. The molecule has 0 aliphatic rings. The highest BCUT2D eigenvalue weighted by Crippen LogP contribution is 2.17. The Balaban J connectivity index is 2.49. The van der Waals surface area contributed by atoms with Crippen LogP contribution in [0.3, 0.4) is 0 Å². The molecule has 108 valence electrons. The molecule has 0 spiro atoms. The number of benzene rings is 1. The number of nitrogens with one attached hydrogen (secondary N) is 1. The monoisotopic (exact) mass is 288 g/mol. The van der Waals surface area contributed by atoms with Gasteiger partial charge in [-0.3, -0.25) is 0 Å². The molecule has 1 rings (SSSR count). The summed E-state index contributed by atoms with van der Waals surface area (Å²) in [5.41, 5.74) is 0. The lowest BCUT2D eigenvalue weighted by molar-refractivity contribution is 0.224. The van der Waals surface area contributed by atoms with Gasteiger partial charge in [0.15, 0.2) is 0 Å². The molecule has 0 heterocycles. The summed E-state index contributed by atoms with van der Waals surface area (Å²) in [6, 6.07) is 7.11. The Kier molecular flexibility index (Phi) is 5.59. The van der Waals surface area contributed by atoms with Gasteiger partial charge in [-0.25, -0.2) is 0 Å². The molecule has 0 fully saturated rings. The predicted octanol–water partition coefficient (Wildman–Crippen LogP) is 0.859. The quantitative estimate of drug-likeness (QED) is 0.808. The molecule has 0 radical (unpaired) electrons. The largest absolute Gasteiger partial charge is 0.497 e. The van der Waals surface area contributed by atoms with E-state index < -0.39 is 10.2 Å². The van der Waals surface area contributed by atoms with Gasteiger partial charge in [0.1, 0.15) is 17.6 Å². The van der Waals surface area contributed by atoms with Gasteiger partial charge in [0, 0.05) is 20.6 Å². The molecule has 19 heavy (non-hydrogen) atoms. The number of methoxy groups -OCH3 is 1. The Morgan fingerprint density at radius 3 is 2.21 bits per heavy atom. The second-order valence-electron chi connectivity index (χ2n) is 4.24. The van der Waals surface area contributed by atoms with Crippen molar-refractivity contribution in [3.63, 3.8) is 0 Å². The van der Waals surface area contributed by atoms with Gasteiger partial charge < -0.3 is 9.47 Å². The van der Waals surface area contributed by atoms with Crippen molar-refractivity contribution in [1.82, 2.24) is 9.03 Å². The Hall–Kier alpha value is -1.31. The van der Waals surface area contributed by atoms with Gasteiger partial charge in [0.05, 0.1) is 7.11 Å². The van der Waals surface area contributed by atoms with Crippen LogP contribution in [0.25, 0.3) is 0 Å². The van der Waals surface area contributed by atoms with Gasteiger partial charge in [-0.05, 0) is 31.2 Å². The summed E-state index contributed by atoms with van der Waals surface area (Å²) in [4.78, 5) is 0. The van der Waals surface area contributed by atoms with Gasteiger partial charge in [0.25, 0.3) is 10.2 Å². The second kappa shape index (κ2) is 6.74. The van der Waals surface area contributed by atoms with E-state index in [4.69, 9.17) is 9.47 Å². The van der Waals surface area contributed by atoms with E-state index in [0.29, 0.717) is 5.75 Å². The van der Waals surface area contributed by atoms with Gasteiger partial charge in [0.2, 0.25) is 0 Å². The molecule has 0 bridgehead atoms. The van der Waals surface area contributed by atoms with E-state index in [1.807, 2.05) is 0 Å². The maximum atomic E-state index is 11.5. The van der Waals surface area contributed by atoms with E-state index in [9.17, 15) is 8.42 Å². The van der Waals surface area contributed by atoms with E-state index in [-0.39, 0.29) is 12.6 Å². The molecule has 0 amide bonds. The molecule has 0 saturated heterocycles. The number of rotatable bonds is 7. The van der Waals surface area contributed by atoms with Crippen LogP contribution in [0.15, 0.2) is 24.3 Å². The van der Waals surface area contributed by atoms with Gasteiger partial charge >= 0.3 is 0 Å². The molecule has 1 N–H and O–H groups in total. The van der Waals surface area contributed by atoms with Crippen LogP contribution in [0.2, 0.25) is 0 Å². The fourth-order valence-corrected chi connectivity index (χ4v) is 1.98. The molecule has 0 aliphatic carbocycles.